The molecule has 0 spiro atoms. The highest BCUT2D eigenvalue weighted by atomic mass is 16.5. The lowest BCUT2D eigenvalue weighted by Gasteiger charge is -2.05. The Bertz CT molecular complexity index is 717. The fourth-order valence-electron chi connectivity index (χ4n) is 2.11. The summed E-state index contributed by atoms with van der Waals surface area (Å²) in [6, 6.07) is 15.5. The number of anilines is 1. The SMILES string of the molecule is COc1ccccc1-c1cnc(-c2ccc(N)cc2)[nH]1. The molecule has 0 bridgehead atoms. The van der Waals surface area contributed by atoms with Crippen molar-refractivity contribution in [3.8, 4) is 28.4 Å². The standard InChI is InChI=1S/C16H15N3O/c1-20-15-5-3-2-4-13(15)14-10-18-16(19-14)11-6-8-12(17)9-7-11/h2-10H,17H2,1H3,(H,18,19). The molecule has 1 aromatic heterocycles. The number of hydrogen-bond acceptors (Lipinski definition) is 3. The van der Waals surface area contributed by atoms with Gasteiger partial charge in [-0.1, -0.05) is 12.1 Å². The Morgan fingerprint density at radius 3 is 2.55 bits per heavy atom. The monoisotopic (exact) mass is 265 g/mol. The van der Waals surface area contributed by atoms with E-state index in [1.54, 1.807) is 7.11 Å². The molecule has 4 heteroatoms. The van der Waals surface area contributed by atoms with Crippen molar-refractivity contribution >= 4 is 5.69 Å². The van der Waals surface area contributed by atoms with Crippen molar-refractivity contribution in [1.82, 2.24) is 9.97 Å². The van der Waals surface area contributed by atoms with E-state index in [2.05, 4.69) is 9.97 Å². The molecule has 0 amide bonds. The first kappa shape index (κ1) is 12.3. The van der Waals surface area contributed by atoms with Crippen LogP contribution in [0, 0.1) is 0 Å². The van der Waals surface area contributed by atoms with Crippen molar-refractivity contribution in [2.75, 3.05) is 12.8 Å². The lowest BCUT2D eigenvalue weighted by Crippen LogP contribution is -1.88. The first-order chi connectivity index (χ1) is 9.78. The lowest BCUT2D eigenvalue weighted by atomic mass is 10.1. The second-order valence-corrected chi connectivity index (χ2v) is 4.47. The normalized spacial score (nSPS) is 10.4. The van der Waals surface area contributed by atoms with Gasteiger partial charge in [0.15, 0.2) is 0 Å². The first-order valence-corrected chi connectivity index (χ1v) is 6.32. The molecule has 2 aromatic carbocycles. The van der Waals surface area contributed by atoms with Crippen LogP contribution in [0.3, 0.4) is 0 Å². The minimum atomic E-state index is 0.741. The summed E-state index contributed by atoms with van der Waals surface area (Å²) in [5.41, 5.74) is 9.35. The summed E-state index contributed by atoms with van der Waals surface area (Å²) in [6.45, 7) is 0. The Kier molecular flexibility index (Phi) is 3.13. The zero-order valence-electron chi connectivity index (χ0n) is 11.1. The number of nitrogens with two attached hydrogens (primary N) is 1. The number of H-pyrrole nitrogens is 1. The van der Waals surface area contributed by atoms with Crippen molar-refractivity contribution in [2.24, 2.45) is 0 Å². The predicted molar refractivity (Wildman–Crippen MR) is 80.4 cm³/mol. The molecule has 0 fully saturated rings. The van der Waals surface area contributed by atoms with Crippen LogP contribution in [-0.2, 0) is 0 Å². The van der Waals surface area contributed by atoms with Crippen molar-refractivity contribution in [3.63, 3.8) is 0 Å². The Morgan fingerprint density at radius 2 is 1.80 bits per heavy atom. The van der Waals surface area contributed by atoms with Crippen LogP contribution in [0.4, 0.5) is 5.69 Å². The van der Waals surface area contributed by atoms with Crippen molar-refractivity contribution in [3.05, 3.63) is 54.7 Å². The fraction of sp³-hybridized carbons (Fsp3) is 0.0625. The van der Waals surface area contributed by atoms with E-state index in [1.165, 1.54) is 0 Å². The number of nitrogens with one attached hydrogen (secondary N) is 1. The number of nitrogens with zero attached hydrogens (tertiary/aromatic N) is 1. The third-order valence-corrected chi connectivity index (χ3v) is 3.16. The largest absolute Gasteiger partial charge is 0.496 e. The maximum atomic E-state index is 5.69. The summed E-state index contributed by atoms with van der Waals surface area (Å²) >= 11 is 0. The average molecular weight is 265 g/mol. The van der Waals surface area contributed by atoms with Crippen molar-refractivity contribution in [1.29, 1.82) is 0 Å². The summed E-state index contributed by atoms with van der Waals surface area (Å²) in [6.07, 6.45) is 1.81. The molecule has 0 radical (unpaired) electrons. The smallest absolute Gasteiger partial charge is 0.137 e. The Morgan fingerprint density at radius 1 is 1.05 bits per heavy atom. The maximum Gasteiger partial charge on any atom is 0.137 e. The number of rotatable bonds is 3. The van der Waals surface area contributed by atoms with Gasteiger partial charge in [-0.05, 0) is 36.4 Å². The molecule has 100 valence electrons. The van der Waals surface area contributed by atoms with Crippen molar-refractivity contribution < 1.29 is 4.74 Å². The molecule has 0 saturated heterocycles. The summed E-state index contributed by atoms with van der Waals surface area (Å²) < 4.78 is 5.37. The molecule has 0 unspecified atom stereocenters. The Labute approximate surface area is 117 Å². The van der Waals surface area contributed by atoms with Gasteiger partial charge >= 0.3 is 0 Å². The minimum absolute atomic E-state index is 0.741. The number of imidazole rings is 1. The first-order valence-electron chi connectivity index (χ1n) is 6.32. The second kappa shape index (κ2) is 5.09. The number of benzene rings is 2. The fourth-order valence-corrected chi connectivity index (χ4v) is 2.11. The van der Waals surface area contributed by atoms with Crippen LogP contribution in [0.1, 0.15) is 0 Å². The van der Waals surface area contributed by atoms with Crippen LogP contribution in [0.5, 0.6) is 5.75 Å². The second-order valence-electron chi connectivity index (χ2n) is 4.47. The van der Waals surface area contributed by atoms with Gasteiger partial charge in [-0.2, -0.15) is 0 Å². The van der Waals surface area contributed by atoms with Gasteiger partial charge in [0.1, 0.15) is 11.6 Å². The highest BCUT2D eigenvalue weighted by molar-refractivity contribution is 5.70. The van der Waals surface area contributed by atoms with E-state index in [9.17, 15) is 0 Å². The van der Waals surface area contributed by atoms with E-state index >= 15 is 0 Å². The highest BCUT2D eigenvalue weighted by Gasteiger charge is 2.09. The van der Waals surface area contributed by atoms with Crippen LogP contribution < -0.4 is 10.5 Å². The lowest BCUT2D eigenvalue weighted by molar-refractivity contribution is 0.416. The molecule has 20 heavy (non-hydrogen) atoms. The molecule has 0 saturated carbocycles. The van der Waals surface area contributed by atoms with Crippen molar-refractivity contribution in [2.45, 2.75) is 0 Å². The average Bonchev–Trinajstić information content (AvgIpc) is 2.97. The summed E-state index contributed by atoms with van der Waals surface area (Å²) in [4.78, 5) is 7.72. The third kappa shape index (κ3) is 2.23. The van der Waals surface area contributed by atoms with Gasteiger partial charge in [0, 0.05) is 16.8 Å². The van der Waals surface area contributed by atoms with E-state index in [1.807, 2.05) is 54.7 Å². The summed E-state index contributed by atoms with van der Waals surface area (Å²) in [5, 5.41) is 0. The minimum Gasteiger partial charge on any atom is -0.496 e. The number of hydrogen-bond donors (Lipinski definition) is 2. The molecule has 0 aliphatic heterocycles. The third-order valence-electron chi connectivity index (χ3n) is 3.16. The zero-order chi connectivity index (χ0) is 13.9. The van der Waals surface area contributed by atoms with Crippen LogP contribution in [0.2, 0.25) is 0 Å². The predicted octanol–water partition coefficient (Wildman–Crippen LogP) is 3.33. The molecule has 0 aliphatic carbocycles. The van der Waals surface area contributed by atoms with E-state index in [0.717, 1.165) is 34.1 Å². The molecular formula is C16H15N3O. The van der Waals surface area contributed by atoms with Gasteiger partial charge in [0.2, 0.25) is 0 Å². The van der Waals surface area contributed by atoms with Gasteiger partial charge in [-0.25, -0.2) is 4.98 Å². The molecule has 1 heterocycles. The Hall–Kier alpha value is -2.75. The van der Waals surface area contributed by atoms with Gasteiger partial charge in [-0.15, -0.1) is 0 Å². The van der Waals surface area contributed by atoms with Crippen LogP contribution >= 0.6 is 0 Å². The van der Waals surface area contributed by atoms with Crippen LogP contribution in [-0.4, -0.2) is 17.1 Å². The van der Waals surface area contributed by atoms with E-state index < -0.39 is 0 Å². The number of nitrogen functional groups attached to an aromatic ring is 1. The van der Waals surface area contributed by atoms with E-state index in [4.69, 9.17) is 10.5 Å². The number of methoxy groups -OCH3 is 1. The van der Waals surface area contributed by atoms with Gasteiger partial charge in [-0.3, -0.25) is 0 Å². The zero-order valence-corrected chi connectivity index (χ0v) is 11.1. The molecule has 3 rings (SSSR count). The van der Waals surface area contributed by atoms with Gasteiger partial charge < -0.3 is 15.5 Å². The molecule has 0 atom stereocenters. The molecule has 4 nitrogen and oxygen atoms in total. The molecular weight excluding hydrogens is 250 g/mol. The van der Waals surface area contributed by atoms with Gasteiger partial charge in [0.25, 0.3) is 0 Å². The van der Waals surface area contributed by atoms with Crippen LogP contribution in [0.25, 0.3) is 22.6 Å². The summed E-state index contributed by atoms with van der Waals surface area (Å²) in [5.74, 6) is 1.63. The van der Waals surface area contributed by atoms with Gasteiger partial charge in [0.05, 0.1) is 19.0 Å². The molecule has 3 N–H and O–H groups in total. The van der Waals surface area contributed by atoms with E-state index in [-0.39, 0.29) is 0 Å². The van der Waals surface area contributed by atoms with Crippen LogP contribution in [0.15, 0.2) is 54.7 Å². The number of aromatic nitrogens is 2. The van der Waals surface area contributed by atoms with E-state index in [0.29, 0.717) is 0 Å². The molecule has 3 aromatic rings. The topological polar surface area (TPSA) is 63.9 Å². The molecule has 0 aliphatic rings. The highest BCUT2D eigenvalue weighted by Crippen LogP contribution is 2.29. The number of ether oxygens (including phenoxy) is 1. The Balaban J connectivity index is 2.00. The number of para-hydroxylation sites is 1. The maximum absolute atomic E-state index is 5.69. The number of aromatic amines is 1. The summed E-state index contributed by atoms with van der Waals surface area (Å²) in [7, 11) is 1.66. The quantitative estimate of drug-likeness (QED) is 0.714.